The molecule has 0 aliphatic rings. The van der Waals surface area contributed by atoms with Gasteiger partial charge >= 0.3 is 0 Å². The van der Waals surface area contributed by atoms with E-state index >= 15 is 0 Å². The fourth-order valence-corrected chi connectivity index (χ4v) is 4.74. The van der Waals surface area contributed by atoms with Crippen molar-refractivity contribution < 1.29 is 18.3 Å². The van der Waals surface area contributed by atoms with Crippen LogP contribution in [0, 0.1) is 13.8 Å². The summed E-state index contributed by atoms with van der Waals surface area (Å²) in [6.45, 7) is 3.71. The van der Waals surface area contributed by atoms with Crippen molar-refractivity contribution in [3.05, 3.63) is 70.9 Å². The number of nitrogens with zero attached hydrogens (tertiary/aromatic N) is 2. The number of H-pyrrole nitrogens is 1. The van der Waals surface area contributed by atoms with Gasteiger partial charge in [-0.05, 0) is 61.4 Å². The zero-order valence-corrected chi connectivity index (χ0v) is 18.7. The summed E-state index contributed by atoms with van der Waals surface area (Å²) in [5.41, 5.74) is 3.26. The quantitative estimate of drug-likeness (QED) is 0.338. The lowest BCUT2D eigenvalue weighted by molar-refractivity contribution is 0.102. The van der Waals surface area contributed by atoms with E-state index in [1.165, 1.54) is 47.9 Å². The minimum Gasteiger partial charge on any atom is -0.507 e. The molecule has 0 aliphatic carbocycles. The van der Waals surface area contributed by atoms with Gasteiger partial charge < -0.3 is 10.4 Å². The molecule has 0 bridgehead atoms. The van der Waals surface area contributed by atoms with Crippen LogP contribution in [-0.4, -0.2) is 34.6 Å². The van der Waals surface area contributed by atoms with Crippen molar-refractivity contribution in [2.45, 2.75) is 18.7 Å². The maximum absolute atomic E-state index is 12.6. The molecule has 9 nitrogen and oxygen atoms in total. The molecule has 0 saturated heterocycles. The highest BCUT2D eigenvalue weighted by molar-refractivity contribution is 7.93. The van der Waals surface area contributed by atoms with Gasteiger partial charge in [0.05, 0.1) is 10.6 Å². The first kappa shape index (κ1) is 21.5. The predicted octanol–water partition coefficient (Wildman–Crippen LogP) is 3.91. The fraction of sp³-hybridized carbons (Fsp3) is 0.0952. The van der Waals surface area contributed by atoms with Crippen molar-refractivity contribution in [1.82, 2.24) is 15.2 Å². The molecule has 0 saturated carbocycles. The van der Waals surface area contributed by atoms with E-state index in [1.807, 2.05) is 19.9 Å². The van der Waals surface area contributed by atoms with Crippen LogP contribution in [0.3, 0.4) is 0 Å². The van der Waals surface area contributed by atoms with E-state index in [0.29, 0.717) is 16.9 Å². The van der Waals surface area contributed by atoms with Crippen LogP contribution >= 0.6 is 11.3 Å². The van der Waals surface area contributed by atoms with Crippen LogP contribution in [0.5, 0.6) is 5.75 Å². The average Bonchev–Trinajstić information content (AvgIpc) is 3.45. The first-order valence-corrected chi connectivity index (χ1v) is 11.8. The van der Waals surface area contributed by atoms with Crippen molar-refractivity contribution in [2.24, 2.45) is 0 Å². The monoisotopic (exact) mass is 469 g/mol. The Labute approximate surface area is 188 Å². The summed E-state index contributed by atoms with van der Waals surface area (Å²) in [4.78, 5) is 16.5. The Morgan fingerprint density at radius 1 is 1.12 bits per heavy atom. The van der Waals surface area contributed by atoms with Gasteiger partial charge in [-0.2, -0.15) is 5.10 Å². The molecule has 0 fully saturated rings. The van der Waals surface area contributed by atoms with E-state index in [2.05, 4.69) is 25.2 Å². The number of aromatic nitrogens is 3. The SMILES string of the molecule is Cc1ccc(-c2cc(C(=O)Nc3ccc(S(=O)(=O)Nc4nccs4)cc3)[nH]n2)c(O)c1C. The fourth-order valence-electron chi connectivity index (χ4n) is 2.95. The van der Waals surface area contributed by atoms with Crippen molar-refractivity contribution in [3.8, 4) is 17.0 Å². The van der Waals surface area contributed by atoms with Crippen LogP contribution in [0.4, 0.5) is 10.8 Å². The van der Waals surface area contributed by atoms with Gasteiger partial charge in [0.25, 0.3) is 15.9 Å². The second kappa shape index (κ2) is 8.44. The van der Waals surface area contributed by atoms with E-state index in [4.69, 9.17) is 0 Å². The Morgan fingerprint density at radius 3 is 2.56 bits per heavy atom. The summed E-state index contributed by atoms with van der Waals surface area (Å²) in [7, 11) is -3.77. The maximum Gasteiger partial charge on any atom is 0.273 e. The molecule has 1 amide bonds. The number of hydrogen-bond acceptors (Lipinski definition) is 7. The molecule has 11 heteroatoms. The number of rotatable bonds is 6. The molecule has 4 rings (SSSR count). The number of sulfonamides is 1. The summed E-state index contributed by atoms with van der Waals surface area (Å²) in [6, 6.07) is 10.9. The molecule has 2 aromatic heterocycles. The number of carbonyl (C=O) groups is 1. The third-order valence-corrected chi connectivity index (χ3v) is 7.05. The third kappa shape index (κ3) is 4.34. The number of hydrogen-bond donors (Lipinski definition) is 4. The number of aromatic amines is 1. The van der Waals surface area contributed by atoms with Crippen molar-refractivity contribution >= 4 is 38.1 Å². The van der Waals surface area contributed by atoms with E-state index < -0.39 is 15.9 Å². The summed E-state index contributed by atoms with van der Waals surface area (Å²) in [5, 5.41) is 21.8. The molecular weight excluding hydrogens is 450 g/mol. The number of phenolic OH excluding ortho intramolecular Hbond substituents is 1. The molecule has 2 heterocycles. The van der Waals surface area contributed by atoms with Gasteiger partial charge in [-0.1, -0.05) is 6.07 Å². The van der Waals surface area contributed by atoms with Gasteiger partial charge in [0.15, 0.2) is 5.13 Å². The lowest BCUT2D eigenvalue weighted by atomic mass is 10.0. The molecule has 2 aromatic carbocycles. The summed E-state index contributed by atoms with van der Waals surface area (Å²) >= 11 is 1.17. The Morgan fingerprint density at radius 2 is 1.88 bits per heavy atom. The zero-order valence-electron chi connectivity index (χ0n) is 17.1. The van der Waals surface area contributed by atoms with Crippen LogP contribution in [-0.2, 0) is 10.0 Å². The summed E-state index contributed by atoms with van der Waals surface area (Å²) in [5.74, 6) is -0.338. The van der Waals surface area contributed by atoms with Crippen LogP contribution < -0.4 is 10.0 Å². The smallest absolute Gasteiger partial charge is 0.273 e. The number of phenols is 1. The molecule has 4 aromatic rings. The minimum atomic E-state index is -3.77. The highest BCUT2D eigenvalue weighted by atomic mass is 32.2. The third-order valence-electron chi connectivity index (χ3n) is 4.88. The zero-order chi connectivity index (χ0) is 22.9. The molecule has 0 unspecified atom stereocenters. The van der Waals surface area contributed by atoms with Gasteiger partial charge in [0, 0.05) is 22.8 Å². The van der Waals surface area contributed by atoms with Crippen LogP contribution in [0.2, 0.25) is 0 Å². The van der Waals surface area contributed by atoms with E-state index in [1.54, 1.807) is 11.4 Å². The maximum atomic E-state index is 12.6. The standard InChI is InChI=1S/C21H19N5O4S2/c1-12-3-8-16(19(27)13(12)2)17-11-18(25-24-17)20(28)23-14-4-6-15(7-5-14)32(29,30)26-21-22-9-10-31-21/h3-11,27H,1-2H3,(H,22,26)(H,23,28)(H,24,25). The van der Waals surface area contributed by atoms with Crippen molar-refractivity contribution in [3.63, 3.8) is 0 Å². The van der Waals surface area contributed by atoms with E-state index in [0.717, 1.165) is 11.1 Å². The van der Waals surface area contributed by atoms with Crippen LogP contribution in [0.15, 0.2) is 58.9 Å². The number of thiazole rings is 1. The van der Waals surface area contributed by atoms with Gasteiger partial charge in [0.1, 0.15) is 11.4 Å². The number of benzene rings is 2. The number of amides is 1. The number of aryl methyl sites for hydroxylation is 1. The highest BCUT2D eigenvalue weighted by Gasteiger charge is 2.17. The number of aromatic hydroxyl groups is 1. The Kier molecular flexibility index (Phi) is 5.68. The second-order valence-electron chi connectivity index (χ2n) is 6.99. The van der Waals surface area contributed by atoms with Gasteiger partial charge in [-0.3, -0.25) is 14.6 Å². The van der Waals surface area contributed by atoms with Crippen LogP contribution in [0.25, 0.3) is 11.3 Å². The molecule has 0 radical (unpaired) electrons. The number of anilines is 2. The number of nitrogens with one attached hydrogen (secondary N) is 3. The topological polar surface area (TPSA) is 137 Å². The molecule has 32 heavy (non-hydrogen) atoms. The van der Waals surface area contributed by atoms with Crippen molar-refractivity contribution in [1.29, 1.82) is 0 Å². The largest absolute Gasteiger partial charge is 0.507 e. The second-order valence-corrected chi connectivity index (χ2v) is 9.57. The Balaban J connectivity index is 1.47. The average molecular weight is 470 g/mol. The summed E-state index contributed by atoms with van der Waals surface area (Å²) in [6.07, 6.45) is 1.50. The first-order chi connectivity index (χ1) is 15.2. The molecule has 0 spiro atoms. The first-order valence-electron chi connectivity index (χ1n) is 9.43. The number of carbonyl (C=O) groups excluding carboxylic acids is 1. The lowest BCUT2D eigenvalue weighted by Crippen LogP contribution is -2.14. The summed E-state index contributed by atoms with van der Waals surface area (Å²) < 4.78 is 27.2. The van der Waals surface area contributed by atoms with Gasteiger partial charge in [-0.15, -0.1) is 11.3 Å². The lowest BCUT2D eigenvalue weighted by Gasteiger charge is -2.07. The van der Waals surface area contributed by atoms with Crippen LogP contribution in [0.1, 0.15) is 21.6 Å². The van der Waals surface area contributed by atoms with E-state index in [9.17, 15) is 18.3 Å². The predicted molar refractivity (Wildman–Crippen MR) is 122 cm³/mol. The molecule has 4 N–H and O–H groups in total. The Bertz CT molecular complexity index is 1380. The van der Waals surface area contributed by atoms with Gasteiger partial charge in [0.2, 0.25) is 0 Å². The molecular formula is C21H19N5O4S2. The molecule has 164 valence electrons. The molecule has 0 aliphatic heterocycles. The van der Waals surface area contributed by atoms with Gasteiger partial charge in [-0.25, -0.2) is 13.4 Å². The highest BCUT2D eigenvalue weighted by Crippen LogP contribution is 2.32. The molecule has 0 atom stereocenters. The Hall–Kier alpha value is -3.70. The minimum absolute atomic E-state index is 0.0414. The van der Waals surface area contributed by atoms with E-state index in [-0.39, 0.29) is 21.5 Å². The van der Waals surface area contributed by atoms with Crippen molar-refractivity contribution in [2.75, 3.05) is 10.0 Å². The normalized spacial score (nSPS) is 11.3.